The Balaban J connectivity index is 0.000000518. The normalized spacial score (nSPS) is 11.8. The van der Waals surface area contributed by atoms with E-state index in [1.807, 2.05) is 55.4 Å². The number of nitrogens with zero attached hydrogens (tertiary/aromatic N) is 2. The fraction of sp³-hybridized carbons (Fsp3) is 0.481. The molecule has 4 aromatic carbocycles. The van der Waals surface area contributed by atoms with Crippen molar-refractivity contribution >= 4 is 35.1 Å². The molecule has 0 heterocycles. The molecule has 0 bridgehead atoms. The molecule has 10 nitrogen and oxygen atoms in total. The molecule has 65 heavy (non-hydrogen) atoms. The third-order valence-corrected chi connectivity index (χ3v) is 11.0. The summed E-state index contributed by atoms with van der Waals surface area (Å²) in [4.78, 5) is 31.5. The minimum atomic E-state index is -1.45. The van der Waals surface area contributed by atoms with Crippen LogP contribution in [0, 0.1) is 0 Å². The first-order chi connectivity index (χ1) is 29.7. The van der Waals surface area contributed by atoms with Gasteiger partial charge >= 0.3 is 28.8 Å². The van der Waals surface area contributed by atoms with Crippen LogP contribution in [0.1, 0.15) is 216 Å². The van der Waals surface area contributed by atoms with Crippen molar-refractivity contribution in [1.82, 2.24) is 0 Å². The monoisotopic (exact) mass is 936 g/mol. The van der Waals surface area contributed by atoms with E-state index in [4.69, 9.17) is 20.2 Å². The van der Waals surface area contributed by atoms with Gasteiger partial charge < -0.3 is 29.9 Å². The van der Waals surface area contributed by atoms with Gasteiger partial charge in [0.1, 0.15) is 11.5 Å². The Morgan fingerprint density at radius 1 is 0.415 bits per heavy atom. The molecule has 11 heteroatoms. The molecule has 0 aliphatic rings. The number of hydrogen-bond donors (Lipinski definition) is 2. The fourth-order valence-corrected chi connectivity index (χ4v) is 7.17. The number of carbonyl (C=O) groups is 2. The third kappa shape index (κ3) is 16.1. The van der Waals surface area contributed by atoms with Crippen molar-refractivity contribution < 1.29 is 56.0 Å². The van der Waals surface area contributed by atoms with Crippen LogP contribution in [0.2, 0.25) is 0 Å². The third-order valence-electron chi connectivity index (χ3n) is 11.0. The zero-order valence-electron chi connectivity index (χ0n) is 41.9. The average molecular weight is 938 g/mol. The van der Waals surface area contributed by atoms with Gasteiger partial charge in [-0.2, -0.15) is 0 Å². The van der Waals surface area contributed by atoms with Gasteiger partial charge in [0.25, 0.3) is 0 Å². The second-order valence-corrected chi connectivity index (χ2v) is 18.7. The van der Waals surface area contributed by atoms with Crippen LogP contribution in [0.15, 0.2) is 70.6 Å². The van der Waals surface area contributed by atoms with Crippen LogP contribution in [-0.4, -0.2) is 33.9 Å². The number of rotatable bonds is 13. The van der Waals surface area contributed by atoms with Crippen molar-refractivity contribution in [2.75, 3.05) is 0 Å². The van der Waals surface area contributed by atoms with Gasteiger partial charge in [-0.1, -0.05) is 183 Å². The summed E-state index contributed by atoms with van der Waals surface area (Å²) in [6.07, 6.45) is -2.91. The standard InChI is InChI=1S/C28H40N2.2C13H18O4.Ni/c1-17(2)23-13-11-14-24(18(3)4)27(23)29-21(9)22(10)30-28-25(19(5)6)15-12-16-26(28)20(7)8;2*1-7(2)9-5-6-10(8(3)4)12(11(9)14)17-13(15)16;/h11-20H,1-10H3;2*5-8,14H,1-4H3,(H,15,16);/q;;;+2/p-2. The predicted molar refractivity (Wildman–Crippen MR) is 260 cm³/mol. The van der Waals surface area contributed by atoms with Crippen LogP contribution in [0.4, 0.5) is 21.0 Å². The van der Waals surface area contributed by atoms with Gasteiger partial charge in [0, 0.05) is 0 Å². The summed E-state index contributed by atoms with van der Waals surface area (Å²) in [5.41, 5.74) is 11.8. The van der Waals surface area contributed by atoms with Crippen molar-refractivity contribution in [2.24, 2.45) is 9.98 Å². The van der Waals surface area contributed by atoms with E-state index < -0.39 is 12.3 Å². The van der Waals surface area contributed by atoms with Crippen LogP contribution < -0.4 is 19.7 Å². The molecule has 0 amide bonds. The molecule has 2 N–H and O–H groups in total. The molecule has 358 valence electrons. The molecular weight excluding hydrogens is 863 g/mol. The molecule has 0 aromatic heterocycles. The minimum Gasteiger partial charge on any atom is -0.870 e. The molecule has 0 saturated heterocycles. The number of aliphatic imine (C=N–C) groups is 2. The zero-order valence-corrected chi connectivity index (χ0v) is 42.9. The van der Waals surface area contributed by atoms with Gasteiger partial charge in [0.15, 0.2) is 0 Å². The molecule has 0 aliphatic heterocycles. The summed E-state index contributed by atoms with van der Waals surface area (Å²) in [5.74, 6) is 1.13. The molecule has 0 aliphatic carbocycles. The molecule has 4 aromatic rings. The summed E-state index contributed by atoms with van der Waals surface area (Å²) >= 11 is 0. The number of carboxylic acid groups (broad SMARTS) is 2. The predicted octanol–water partition coefficient (Wildman–Crippen LogP) is 15.2. The number of ether oxygens (including phenoxy) is 2. The topological polar surface area (TPSA) is 164 Å². The van der Waals surface area contributed by atoms with Crippen LogP contribution in [0.3, 0.4) is 0 Å². The van der Waals surface area contributed by atoms with Gasteiger partial charge in [0.05, 0.1) is 22.8 Å². The fourth-order valence-electron chi connectivity index (χ4n) is 7.17. The molecular formula is C54H74N2NiO8. The van der Waals surface area contributed by atoms with E-state index >= 15 is 0 Å². The van der Waals surface area contributed by atoms with Crippen molar-refractivity contribution in [3.05, 3.63) is 105 Å². The maximum Gasteiger partial charge on any atom is 2.00 e. The van der Waals surface area contributed by atoms with Crippen LogP contribution in [-0.2, 0) is 16.5 Å². The van der Waals surface area contributed by atoms with Crippen LogP contribution in [0.5, 0.6) is 23.0 Å². The quantitative estimate of drug-likeness (QED) is 0.0579. The van der Waals surface area contributed by atoms with E-state index in [1.165, 1.54) is 22.3 Å². The van der Waals surface area contributed by atoms with Crippen LogP contribution >= 0.6 is 0 Å². The van der Waals surface area contributed by atoms with E-state index in [1.54, 1.807) is 24.3 Å². The Hall–Kier alpha value is -5.15. The molecule has 0 fully saturated rings. The van der Waals surface area contributed by atoms with Crippen molar-refractivity contribution in [3.63, 3.8) is 0 Å². The SMILES string of the molecule is CC(=Nc1c(C(C)C)cccc1C(C)C)C(C)=Nc1c(C(C)C)cccc1C(C)C.CC(C)c1ccc(C(C)C)c(OC(=O)O)c1[O-].CC(C)c1ccc(C(C)C)c(OC(=O)O)c1[O-].[Ni+2]. The van der Waals surface area contributed by atoms with Gasteiger partial charge in [-0.15, -0.1) is 0 Å². The van der Waals surface area contributed by atoms with E-state index in [9.17, 15) is 19.8 Å². The Bertz CT molecular complexity index is 2060. The molecule has 0 radical (unpaired) electrons. The van der Waals surface area contributed by atoms with Gasteiger partial charge in [-0.3, -0.25) is 9.98 Å². The summed E-state index contributed by atoms with van der Waals surface area (Å²) in [5, 5.41) is 41.5. The van der Waals surface area contributed by atoms with E-state index in [0.29, 0.717) is 45.9 Å². The second kappa shape index (κ2) is 26.1. The summed E-state index contributed by atoms with van der Waals surface area (Å²) < 4.78 is 9.26. The zero-order chi connectivity index (χ0) is 48.9. The van der Waals surface area contributed by atoms with Gasteiger partial charge in [0.2, 0.25) is 0 Å². The number of hydrogen-bond acceptors (Lipinski definition) is 8. The van der Waals surface area contributed by atoms with Crippen molar-refractivity contribution in [2.45, 2.75) is 172 Å². The largest absolute Gasteiger partial charge is 2.00 e. The van der Waals surface area contributed by atoms with Crippen molar-refractivity contribution in [1.29, 1.82) is 0 Å². The second-order valence-electron chi connectivity index (χ2n) is 18.7. The van der Waals surface area contributed by atoms with Gasteiger partial charge in [-0.25, -0.2) is 9.59 Å². The Labute approximate surface area is 399 Å². The van der Waals surface area contributed by atoms with E-state index in [0.717, 1.165) is 22.8 Å². The first-order valence-electron chi connectivity index (χ1n) is 22.6. The summed E-state index contributed by atoms with van der Waals surface area (Å²) in [6, 6.07) is 20.2. The molecule has 0 saturated carbocycles. The number of benzene rings is 4. The smallest absolute Gasteiger partial charge is 0.870 e. The first-order valence-corrected chi connectivity index (χ1v) is 22.6. The molecule has 0 unspecified atom stereocenters. The van der Waals surface area contributed by atoms with E-state index in [-0.39, 0.29) is 63.2 Å². The molecule has 4 rings (SSSR count). The first kappa shape index (κ1) is 57.9. The minimum absolute atomic E-state index is 0. The van der Waals surface area contributed by atoms with Gasteiger partial charge in [-0.05, 0) is 106 Å². The maximum atomic E-state index is 12.1. The van der Waals surface area contributed by atoms with Crippen molar-refractivity contribution in [3.8, 4) is 23.0 Å². The molecule has 0 spiro atoms. The summed E-state index contributed by atoms with van der Waals surface area (Å²) in [6.45, 7) is 37.2. The Morgan fingerprint density at radius 3 is 0.831 bits per heavy atom. The van der Waals surface area contributed by atoms with E-state index in [2.05, 4.69) is 115 Å². The van der Waals surface area contributed by atoms with Crippen LogP contribution in [0.25, 0.3) is 0 Å². The Morgan fingerprint density at radius 2 is 0.631 bits per heavy atom. The summed E-state index contributed by atoms with van der Waals surface area (Å²) in [7, 11) is 0. The molecule has 0 atom stereocenters. The Kier molecular flexibility index (Phi) is 23.2. The maximum absolute atomic E-state index is 12.1. The average Bonchev–Trinajstić information content (AvgIpc) is 3.18. The number of para-hydroxylation sites is 2.